The summed E-state index contributed by atoms with van der Waals surface area (Å²) in [5.41, 5.74) is 1.12. The zero-order valence-corrected chi connectivity index (χ0v) is 13.5. The van der Waals surface area contributed by atoms with Crippen LogP contribution in [0.3, 0.4) is 0 Å². The van der Waals surface area contributed by atoms with Gasteiger partial charge < -0.3 is 10.4 Å². The molecule has 0 spiro atoms. The first-order chi connectivity index (χ1) is 8.66. The number of hydrogen-bond donors (Lipinski definition) is 2. The highest BCUT2D eigenvalue weighted by molar-refractivity contribution is 9.11. The van der Waals surface area contributed by atoms with Crippen LogP contribution in [0, 0.1) is 0 Å². The second-order valence-corrected chi connectivity index (χ2v) is 6.45. The van der Waals surface area contributed by atoms with Crippen LogP contribution in [0.15, 0.2) is 32.7 Å². The van der Waals surface area contributed by atoms with Gasteiger partial charge in [0.2, 0.25) is 0 Å². The van der Waals surface area contributed by atoms with E-state index in [2.05, 4.69) is 42.2 Å². The molecule has 1 aromatic heterocycles. The molecule has 2 rings (SSSR count). The lowest BCUT2D eigenvalue weighted by molar-refractivity contribution is 0.468. The molecule has 0 saturated carbocycles. The smallest absolute Gasteiger partial charge is 0.143 e. The molecule has 96 valence electrons. The summed E-state index contributed by atoms with van der Waals surface area (Å²) in [5.74, 6) is 0.238. The Bertz CT molecular complexity index is 494. The van der Waals surface area contributed by atoms with Crippen LogP contribution in [0.2, 0.25) is 0 Å². The highest BCUT2D eigenvalue weighted by Crippen LogP contribution is 2.33. The van der Waals surface area contributed by atoms with E-state index in [1.54, 1.807) is 11.3 Å². The lowest BCUT2D eigenvalue weighted by Crippen LogP contribution is -2.16. The van der Waals surface area contributed by atoms with Gasteiger partial charge in [-0.2, -0.15) is 0 Å². The predicted octanol–water partition coefficient (Wildman–Crippen LogP) is 3.71. The molecule has 1 heterocycles. The Balaban J connectivity index is 1.83. The molecule has 2 N–H and O–H groups in total. The maximum absolute atomic E-state index is 9.61. The Kier molecular flexibility index (Phi) is 5.17. The van der Waals surface area contributed by atoms with E-state index in [9.17, 15) is 5.11 Å². The monoisotopic (exact) mass is 390 g/mol. The number of nitrogens with zero attached hydrogens (tertiary/aromatic N) is 1. The van der Waals surface area contributed by atoms with Gasteiger partial charge in [0, 0.05) is 31.1 Å². The van der Waals surface area contributed by atoms with Gasteiger partial charge in [0.05, 0.1) is 14.0 Å². The number of hydrogen-bond acceptors (Lipinski definition) is 4. The van der Waals surface area contributed by atoms with E-state index in [0.29, 0.717) is 8.95 Å². The van der Waals surface area contributed by atoms with Crippen molar-refractivity contribution in [2.45, 2.75) is 13.0 Å². The van der Waals surface area contributed by atoms with Crippen LogP contribution < -0.4 is 5.32 Å². The van der Waals surface area contributed by atoms with Crippen molar-refractivity contribution in [2.75, 3.05) is 6.54 Å². The number of phenols is 1. The van der Waals surface area contributed by atoms with Crippen LogP contribution in [0.5, 0.6) is 5.75 Å². The van der Waals surface area contributed by atoms with Crippen LogP contribution in [0.4, 0.5) is 0 Å². The van der Waals surface area contributed by atoms with Crippen molar-refractivity contribution in [1.82, 2.24) is 10.3 Å². The summed E-state index contributed by atoms with van der Waals surface area (Å²) < 4.78 is 1.40. The molecule has 0 aliphatic carbocycles. The first kappa shape index (κ1) is 14.0. The molecule has 0 unspecified atom stereocenters. The highest BCUT2D eigenvalue weighted by atomic mass is 79.9. The molecule has 18 heavy (non-hydrogen) atoms. The molecule has 6 heteroatoms. The van der Waals surface area contributed by atoms with Gasteiger partial charge in [-0.3, -0.25) is 0 Å². The van der Waals surface area contributed by atoms with Gasteiger partial charge in [0.25, 0.3) is 0 Å². The summed E-state index contributed by atoms with van der Waals surface area (Å²) in [5, 5.41) is 16.1. The van der Waals surface area contributed by atoms with E-state index in [1.165, 1.54) is 0 Å². The third-order valence-electron chi connectivity index (χ3n) is 2.40. The Morgan fingerprint density at radius 2 is 2.00 bits per heavy atom. The maximum atomic E-state index is 9.61. The molecule has 0 radical (unpaired) electrons. The van der Waals surface area contributed by atoms with Crippen LogP contribution >= 0.6 is 43.2 Å². The van der Waals surface area contributed by atoms with Gasteiger partial charge >= 0.3 is 0 Å². The molecular formula is C12H12Br2N2OS. The number of benzene rings is 1. The van der Waals surface area contributed by atoms with Gasteiger partial charge in [0.15, 0.2) is 0 Å². The molecular weight excluding hydrogens is 380 g/mol. The Morgan fingerprint density at radius 1 is 1.28 bits per heavy atom. The maximum Gasteiger partial charge on any atom is 0.143 e. The van der Waals surface area contributed by atoms with Crippen LogP contribution in [0.1, 0.15) is 10.6 Å². The second-order valence-electron chi connectivity index (χ2n) is 3.76. The summed E-state index contributed by atoms with van der Waals surface area (Å²) >= 11 is 8.32. The number of aromatic nitrogens is 1. The van der Waals surface area contributed by atoms with E-state index in [1.807, 2.05) is 23.7 Å². The lowest BCUT2D eigenvalue weighted by Gasteiger charge is -2.07. The van der Waals surface area contributed by atoms with Crippen molar-refractivity contribution in [2.24, 2.45) is 0 Å². The molecule has 0 saturated heterocycles. The van der Waals surface area contributed by atoms with E-state index in [-0.39, 0.29) is 5.75 Å². The fourth-order valence-corrected chi connectivity index (χ4v) is 3.43. The number of rotatable bonds is 5. The highest BCUT2D eigenvalue weighted by Gasteiger charge is 2.05. The van der Waals surface area contributed by atoms with E-state index >= 15 is 0 Å². The van der Waals surface area contributed by atoms with Crippen molar-refractivity contribution in [1.29, 1.82) is 0 Å². The first-order valence-corrected chi connectivity index (χ1v) is 7.89. The number of halogens is 2. The predicted molar refractivity (Wildman–Crippen MR) is 81.0 cm³/mol. The molecule has 1 aromatic carbocycles. The average Bonchev–Trinajstić information content (AvgIpc) is 2.84. The second kappa shape index (κ2) is 6.65. The number of phenolic OH excluding ortho intramolecular Hbond substituents is 1. The summed E-state index contributed by atoms with van der Waals surface area (Å²) in [6.07, 6.45) is 2.77. The molecule has 0 fully saturated rings. The summed E-state index contributed by atoms with van der Waals surface area (Å²) in [4.78, 5) is 4.23. The molecule has 0 aliphatic heterocycles. The van der Waals surface area contributed by atoms with E-state index in [0.717, 1.165) is 30.1 Å². The standard InChI is InChI=1S/C12H12Br2N2OS/c13-9-5-8(6-10(14)12(9)17)7-15-2-1-11-16-3-4-18-11/h3-6,15,17H,1-2,7H2. The Labute approximate surface area is 127 Å². The van der Waals surface area contributed by atoms with Gasteiger partial charge in [-0.15, -0.1) is 11.3 Å². The summed E-state index contributed by atoms with van der Waals surface area (Å²) in [6.45, 7) is 1.66. The lowest BCUT2D eigenvalue weighted by atomic mass is 10.2. The minimum absolute atomic E-state index is 0.238. The zero-order valence-electron chi connectivity index (χ0n) is 9.49. The van der Waals surface area contributed by atoms with Crippen molar-refractivity contribution in [3.8, 4) is 5.75 Å². The number of nitrogens with one attached hydrogen (secondary N) is 1. The average molecular weight is 392 g/mol. The molecule has 0 bridgehead atoms. The minimum atomic E-state index is 0.238. The number of aromatic hydroxyl groups is 1. The first-order valence-electron chi connectivity index (χ1n) is 5.43. The van der Waals surface area contributed by atoms with Gasteiger partial charge in [-0.25, -0.2) is 4.98 Å². The largest absolute Gasteiger partial charge is 0.506 e. The SMILES string of the molecule is Oc1c(Br)cc(CNCCc2nccs2)cc1Br. The molecule has 0 amide bonds. The van der Waals surface area contributed by atoms with Crippen LogP contribution in [0.25, 0.3) is 0 Å². The number of thiazole rings is 1. The normalized spacial score (nSPS) is 10.8. The molecule has 3 nitrogen and oxygen atoms in total. The van der Waals surface area contributed by atoms with Crippen LogP contribution in [-0.2, 0) is 13.0 Å². The quantitative estimate of drug-likeness (QED) is 0.763. The fraction of sp³-hybridized carbons (Fsp3) is 0.250. The molecule has 0 aliphatic rings. The molecule has 2 aromatic rings. The van der Waals surface area contributed by atoms with E-state index in [4.69, 9.17) is 0 Å². The van der Waals surface area contributed by atoms with Crippen LogP contribution in [-0.4, -0.2) is 16.6 Å². The zero-order chi connectivity index (χ0) is 13.0. The fourth-order valence-electron chi connectivity index (χ4n) is 1.52. The van der Waals surface area contributed by atoms with E-state index < -0.39 is 0 Å². The topological polar surface area (TPSA) is 45.1 Å². The summed E-state index contributed by atoms with van der Waals surface area (Å²) in [7, 11) is 0. The third-order valence-corrected chi connectivity index (χ3v) is 4.45. The van der Waals surface area contributed by atoms with Crippen molar-refractivity contribution in [3.63, 3.8) is 0 Å². The van der Waals surface area contributed by atoms with Crippen molar-refractivity contribution in [3.05, 3.63) is 43.2 Å². The van der Waals surface area contributed by atoms with Gasteiger partial charge in [-0.05, 0) is 49.6 Å². The Morgan fingerprint density at radius 3 is 2.61 bits per heavy atom. The summed E-state index contributed by atoms with van der Waals surface area (Å²) in [6, 6.07) is 3.83. The van der Waals surface area contributed by atoms with Gasteiger partial charge in [-0.1, -0.05) is 0 Å². The third kappa shape index (κ3) is 3.78. The van der Waals surface area contributed by atoms with Crippen molar-refractivity contribution >= 4 is 43.2 Å². The minimum Gasteiger partial charge on any atom is -0.506 e. The van der Waals surface area contributed by atoms with Crippen molar-refractivity contribution < 1.29 is 5.11 Å². The Hall–Kier alpha value is -0.430. The van der Waals surface area contributed by atoms with Gasteiger partial charge in [0.1, 0.15) is 5.75 Å². The molecule has 0 atom stereocenters.